The summed E-state index contributed by atoms with van der Waals surface area (Å²) in [5, 5.41) is 20.5. The molecule has 0 spiro atoms. The van der Waals surface area contributed by atoms with Crippen molar-refractivity contribution in [3.05, 3.63) is 78.9 Å². The van der Waals surface area contributed by atoms with E-state index in [9.17, 15) is 0 Å². The van der Waals surface area contributed by atoms with Crippen LogP contribution in [0.5, 0.6) is 11.5 Å². The van der Waals surface area contributed by atoms with E-state index in [0.29, 0.717) is 34.2 Å². The van der Waals surface area contributed by atoms with E-state index in [2.05, 4.69) is 25.9 Å². The minimum Gasteiger partial charge on any atom is -0.453 e. The third-order valence-corrected chi connectivity index (χ3v) is 5.75. The topological polar surface area (TPSA) is 135 Å². The van der Waals surface area contributed by atoms with Gasteiger partial charge in [-0.25, -0.2) is 9.36 Å². The molecule has 0 aliphatic heterocycles. The average Bonchev–Trinajstić information content (AvgIpc) is 3.50. The van der Waals surface area contributed by atoms with Crippen LogP contribution in [-0.2, 0) is 0 Å². The Labute approximate surface area is 199 Å². The van der Waals surface area contributed by atoms with Crippen LogP contribution >= 0.6 is 0 Å². The molecule has 10 nitrogen and oxygen atoms in total. The summed E-state index contributed by atoms with van der Waals surface area (Å²) in [6.45, 7) is 0. The minimum absolute atomic E-state index is 0.484. The number of nitrogens with one attached hydrogen (secondary N) is 1. The zero-order chi connectivity index (χ0) is 23.9. The lowest BCUT2D eigenvalue weighted by molar-refractivity contribution is 0.474. The van der Waals surface area contributed by atoms with Crippen molar-refractivity contribution in [3.8, 4) is 22.9 Å². The summed E-state index contributed by atoms with van der Waals surface area (Å²) in [4.78, 5) is 0. The van der Waals surface area contributed by atoms with Crippen LogP contribution in [0, 0.1) is 0 Å². The highest BCUT2D eigenvalue weighted by Gasteiger charge is 2.21. The van der Waals surface area contributed by atoms with E-state index in [1.807, 2.05) is 54.6 Å². The van der Waals surface area contributed by atoms with Crippen molar-refractivity contribution in [2.45, 2.75) is 0 Å². The normalized spacial score (nSPS) is 11.2. The first-order valence-corrected chi connectivity index (χ1v) is 10.9. The van der Waals surface area contributed by atoms with Crippen molar-refractivity contribution in [1.82, 2.24) is 30.0 Å². The zero-order valence-electron chi connectivity index (χ0n) is 18.8. The highest BCUT2D eigenvalue weighted by Crippen LogP contribution is 2.39. The van der Waals surface area contributed by atoms with Crippen LogP contribution in [0.25, 0.3) is 33.4 Å². The smallest absolute Gasteiger partial charge is 0.179 e. The van der Waals surface area contributed by atoms with Crippen molar-refractivity contribution < 1.29 is 4.74 Å². The summed E-state index contributed by atoms with van der Waals surface area (Å²) in [5.74, 6) is 1.06. The van der Waals surface area contributed by atoms with Gasteiger partial charge in [-0.1, -0.05) is 34.7 Å². The standard InChI is InChI=1S/C25H21N9O/c1-28-20-14-16(10-11-17(20)27)35-25-23(33-21-8-4-2-6-18(21)29-31-33)12-15(26)13-24(25)34-22-9-5-3-7-19(22)30-32-34/h2-14,28H,26-27H2,1H3. The van der Waals surface area contributed by atoms with E-state index < -0.39 is 0 Å². The molecule has 2 heterocycles. The molecule has 0 amide bonds. The maximum Gasteiger partial charge on any atom is 0.179 e. The Hall–Kier alpha value is -5.12. The number of anilines is 3. The van der Waals surface area contributed by atoms with Gasteiger partial charge in [0, 0.05) is 18.8 Å². The van der Waals surface area contributed by atoms with E-state index in [1.54, 1.807) is 40.7 Å². The largest absolute Gasteiger partial charge is 0.453 e. The maximum absolute atomic E-state index is 6.51. The van der Waals surface area contributed by atoms with Crippen LogP contribution in [0.3, 0.4) is 0 Å². The summed E-state index contributed by atoms with van der Waals surface area (Å²) in [5.41, 5.74) is 18.7. The molecule has 6 aromatic rings. The molecule has 10 heteroatoms. The van der Waals surface area contributed by atoms with Gasteiger partial charge in [0.05, 0.1) is 22.4 Å². The lowest BCUT2D eigenvalue weighted by atomic mass is 10.2. The van der Waals surface area contributed by atoms with Crippen LogP contribution in [0.2, 0.25) is 0 Å². The van der Waals surface area contributed by atoms with Gasteiger partial charge >= 0.3 is 0 Å². The SMILES string of the molecule is CNc1cc(Oc2c(-n3nnc4ccccc43)cc(N)cc2-n2nnc3ccccc32)ccc1N. The Bertz CT molecular complexity index is 1610. The lowest BCUT2D eigenvalue weighted by Crippen LogP contribution is -2.07. The molecule has 0 bridgehead atoms. The first-order chi connectivity index (χ1) is 17.1. The van der Waals surface area contributed by atoms with Crippen molar-refractivity contribution in [3.63, 3.8) is 0 Å². The van der Waals surface area contributed by atoms with Gasteiger partial charge in [-0.2, -0.15) is 0 Å². The van der Waals surface area contributed by atoms with Gasteiger partial charge in [-0.3, -0.25) is 0 Å². The molecule has 172 valence electrons. The summed E-state index contributed by atoms with van der Waals surface area (Å²) < 4.78 is 9.93. The molecule has 0 aliphatic carbocycles. The lowest BCUT2D eigenvalue weighted by Gasteiger charge is -2.18. The molecule has 2 aromatic heterocycles. The first kappa shape index (κ1) is 20.5. The Balaban J connectivity index is 1.63. The highest BCUT2D eigenvalue weighted by molar-refractivity contribution is 5.81. The van der Waals surface area contributed by atoms with Crippen molar-refractivity contribution in [2.24, 2.45) is 0 Å². The fourth-order valence-corrected chi connectivity index (χ4v) is 4.07. The number of aromatic nitrogens is 6. The van der Waals surface area contributed by atoms with E-state index in [1.165, 1.54) is 0 Å². The number of hydrogen-bond donors (Lipinski definition) is 3. The van der Waals surface area contributed by atoms with E-state index in [-0.39, 0.29) is 0 Å². The van der Waals surface area contributed by atoms with E-state index in [4.69, 9.17) is 16.2 Å². The number of nitrogens with zero attached hydrogens (tertiary/aromatic N) is 6. The van der Waals surface area contributed by atoms with E-state index in [0.717, 1.165) is 27.8 Å². The molecule has 0 atom stereocenters. The second-order valence-corrected chi connectivity index (χ2v) is 7.97. The number of ether oxygens (including phenoxy) is 1. The number of fused-ring (bicyclic) bond motifs is 2. The van der Waals surface area contributed by atoms with Gasteiger partial charge in [-0.05, 0) is 48.5 Å². The minimum atomic E-state index is 0.484. The van der Waals surface area contributed by atoms with Crippen LogP contribution < -0.4 is 21.5 Å². The Kier molecular flexibility index (Phi) is 4.70. The first-order valence-electron chi connectivity index (χ1n) is 10.9. The summed E-state index contributed by atoms with van der Waals surface area (Å²) in [6.07, 6.45) is 0. The molecule has 0 saturated carbocycles. The third kappa shape index (κ3) is 3.44. The molecule has 0 unspecified atom stereocenters. The Morgan fingerprint density at radius 3 is 1.89 bits per heavy atom. The van der Waals surface area contributed by atoms with Crippen LogP contribution in [0.4, 0.5) is 17.1 Å². The molecular weight excluding hydrogens is 442 g/mol. The predicted molar refractivity (Wildman–Crippen MR) is 136 cm³/mol. The number of nitrogen functional groups attached to an aromatic ring is 2. The number of benzene rings is 4. The molecule has 6 rings (SSSR count). The number of para-hydroxylation sites is 2. The van der Waals surface area contributed by atoms with Gasteiger partial charge in [0.25, 0.3) is 0 Å². The van der Waals surface area contributed by atoms with Gasteiger partial charge in [0.2, 0.25) is 0 Å². The van der Waals surface area contributed by atoms with Crippen LogP contribution in [-0.4, -0.2) is 37.0 Å². The van der Waals surface area contributed by atoms with Gasteiger partial charge in [0.1, 0.15) is 28.2 Å². The summed E-state index contributed by atoms with van der Waals surface area (Å²) in [7, 11) is 1.80. The van der Waals surface area contributed by atoms with Gasteiger partial charge < -0.3 is 21.5 Å². The zero-order valence-corrected chi connectivity index (χ0v) is 18.8. The number of hydrogen-bond acceptors (Lipinski definition) is 8. The van der Waals surface area contributed by atoms with Crippen molar-refractivity contribution in [1.29, 1.82) is 0 Å². The van der Waals surface area contributed by atoms with Crippen LogP contribution in [0.15, 0.2) is 78.9 Å². The van der Waals surface area contributed by atoms with E-state index >= 15 is 0 Å². The Morgan fingerprint density at radius 2 is 1.31 bits per heavy atom. The summed E-state index contributed by atoms with van der Waals surface area (Å²) in [6, 6.07) is 24.4. The fourth-order valence-electron chi connectivity index (χ4n) is 4.07. The molecule has 5 N–H and O–H groups in total. The van der Waals surface area contributed by atoms with Crippen molar-refractivity contribution >= 4 is 39.1 Å². The van der Waals surface area contributed by atoms with Crippen LogP contribution in [0.1, 0.15) is 0 Å². The quantitative estimate of drug-likeness (QED) is 0.325. The van der Waals surface area contributed by atoms with Gasteiger partial charge in [0.15, 0.2) is 5.75 Å². The monoisotopic (exact) mass is 463 g/mol. The third-order valence-electron chi connectivity index (χ3n) is 5.75. The second-order valence-electron chi connectivity index (χ2n) is 7.97. The molecule has 35 heavy (non-hydrogen) atoms. The van der Waals surface area contributed by atoms with Gasteiger partial charge in [-0.15, -0.1) is 10.2 Å². The molecule has 0 fully saturated rings. The molecule has 0 radical (unpaired) electrons. The predicted octanol–water partition coefficient (Wildman–Crippen LogP) is 4.15. The second kappa shape index (κ2) is 8.03. The molecule has 0 saturated heterocycles. The Morgan fingerprint density at radius 1 is 0.743 bits per heavy atom. The molecular formula is C25H21N9O. The highest BCUT2D eigenvalue weighted by atomic mass is 16.5. The average molecular weight is 464 g/mol. The molecule has 0 aliphatic rings. The molecule has 4 aromatic carbocycles. The summed E-state index contributed by atoms with van der Waals surface area (Å²) >= 11 is 0. The number of rotatable bonds is 5. The van der Waals surface area contributed by atoms with Crippen molar-refractivity contribution in [2.75, 3.05) is 23.8 Å². The fraction of sp³-hybridized carbons (Fsp3) is 0.0400. The maximum atomic E-state index is 6.51. The number of nitrogens with two attached hydrogens (primary N) is 2.